The van der Waals surface area contributed by atoms with Crippen LogP contribution in [0.25, 0.3) is 0 Å². The fourth-order valence-corrected chi connectivity index (χ4v) is 5.32. The van der Waals surface area contributed by atoms with Crippen LogP contribution < -0.4 is 5.73 Å². The standard InChI is InChI=1S/C15H26N2O4S/c16-14(18)11-12-5-8-17(9-6-12)15(19)7-10-22(20,21)13-3-1-2-4-13/h12-13H,1-11H2,(H2,16,18). The fraction of sp³-hybridized carbons (Fsp3) is 0.867. The van der Waals surface area contributed by atoms with Crippen molar-refractivity contribution >= 4 is 21.7 Å². The molecule has 0 spiro atoms. The van der Waals surface area contributed by atoms with E-state index in [1.807, 2.05) is 0 Å². The minimum atomic E-state index is -3.13. The van der Waals surface area contributed by atoms with Gasteiger partial charge in [-0.15, -0.1) is 0 Å². The van der Waals surface area contributed by atoms with Crippen molar-refractivity contribution in [1.82, 2.24) is 4.90 Å². The van der Waals surface area contributed by atoms with E-state index >= 15 is 0 Å². The summed E-state index contributed by atoms with van der Waals surface area (Å²) in [6, 6.07) is 0. The summed E-state index contributed by atoms with van der Waals surface area (Å²) < 4.78 is 24.3. The summed E-state index contributed by atoms with van der Waals surface area (Å²) in [6.07, 6.45) is 5.44. The van der Waals surface area contributed by atoms with Crippen LogP contribution >= 0.6 is 0 Å². The number of carbonyl (C=O) groups excluding carboxylic acids is 2. The fourth-order valence-electron chi connectivity index (χ4n) is 3.47. The third kappa shape index (κ3) is 4.69. The molecule has 0 aromatic heterocycles. The smallest absolute Gasteiger partial charge is 0.223 e. The number of carbonyl (C=O) groups is 2. The van der Waals surface area contributed by atoms with Crippen LogP contribution in [-0.4, -0.2) is 49.2 Å². The normalized spacial score (nSPS) is 21.2. The molecular weight excluding hydrogens is 304 g/mol. The molecule has 2 aliphatic rings. The van der Waals surface area contributed by atoms with Gasteiger partial charge in [-0.3, -0.25) is 9.59 Å². The quantitative estimate of drug-likeness (QED) is 0.780. The first-order valence-corrected chi connectivity index (χ1v) is 9.87. The van der Waals surface area contributed by atoms with Gasteiger partial charge in [-0.05, 0) is 31.6 Å². The van der Waals surface area contributed by atoms with E-state index in [9.17, 15) is 18.0 Å². The maximum atomic E-state index is 12.2. The van der Waals surface area contributed by atoms with E-state index in [1.54, 1.807) is 4.90 Å². The lowest BCUT2D eigenvalue weighted by Gasteiger charge is -2.31. The number of primary amides is 1. The SMILES string of the molecule is NC(=O)CC1CCN(C(=O)CCS(=O)(=O)C2CCCC2)CC1. The van der Waals surface area contributed by atoms with Crippen LogP contribution in [0.1, 0.15) is 51.4 Å². The Hall–Kier alpha value is -1.11. The number of nitrogens with zero attached hydrogens (tertiary/aromatic N) is 1. The Balaban J connectivity index is 1.75. The van der Waals surface area contributed by atoms with Crippen molar-refractivity contribution in [3.05, 3.63) is 0 Å². The Labute approximate surface area is 132 Å². The number of hydrogen-bond donors (Lipinski definition) is 1. The Morgan fingerprint density at radius 1 is 1.05 bits per heavy atom. The minimum absolute atomic E-state index is 0.0300. The van der Waals surface area contributed by atoms with Crippen LogP contribution in [-0.2, 0) is 19.4 Å². The van der Waals surface area contributed by atoms with Crippen molar-refractivity contribution < 1.29 is 18.0 Å². The number of piperidine rings is 1. The van der Waals surface area contributed by atoms with E-state index in [0.717, 1.165) is 38.5 Å². The second-order valence-electron chi connectivity index (χ2n) is 6.52. The molecule has 2 amide bonds. The second-order valence-corrected chi connectivity index (χ2v) is 8.92. The Morgan fingerprint density at radius 3 is 2.18 bits per heavy atom. The first-order chi connectivity index (χ1) is 10.4. The number of rotatable bonds is 6. The average molecular weight is 330 g/mol. The molecule has 0 aromatic carbocycles. The van der Waals surface area contributed by atoms with Gasteiger partial charge >= 0.3 is 0 Å². The highest BCUT2D eigenvalue weighted by atomic mass is 32.2. The van der Waals surface area contributed by atoms with Crippen molar-refractivity contribution in [2.24, 2.45) is 11.7 Å². The van der Waals surface area contributed by atoms with Gasteiger partial charge in [-0.25, -0.2) is 8.42 Å². The van der Waals surface area contributed by atoms with E-state index in [2.05, 4.69) is 0 Å². The summed E-state index contributed by atoms with van der Waals surface area (Å²) in [6.45, 7) is 1.19. The number of likely N-dealkylation sites (tertiary alicyclic amines) is 1. The van der Waals surface area contributed by atoms with Crippen LogP contribution in [0, 0.1) is 5.92 Å². The molecule has 7 heteroatoms. The topological polar surface area (TPSA) is 97.5 Å². The molecule has 0 bridgehead atoms. The average Bonchev–Trinajstić information content (AvgIpc) is 3.00. The second kappa shape index (κ2) is 7.44. The molecule has 0 unspecified atom stereocenters. The zero-order valence-corrected chi connectivity index (χ0v) is 13.8. The number of nitrogens with two attached hydrogens (primary N) is 1. The highest BCUT2D eigenvalue weighted by molar-refractivity contribution is 7.92. The lowest BCUT2D eigenvalue weighted by Crippen LogP contribution is -2.40. The van der Waals surface area contributed by atoms with Gasteiger partial charge in [0.15, 0.2) is 9.84 Å². The molecule has 0 atom stereocenters. The molecule has 1 aliphatic carbocycles. The number of amides is 2. The highest BCUT2D eigenvalue weighted by Gasteiger charge is 2.30. The molecular formula is C15H26N2O4S. The maximum absolute atomic E-state index is 12.2. The predicted octanol–water partition coefficient (Wildman–Crippen LogP) is 0.848. The third-order valence-electron chi connectivity index (χ3n) is 4.87. The van der Waals surface area contributed by atoms with Crippen LogP contribution in [0.3, 0.4) is 0 Å². The zero-order chi connectivity index (χ0) is 16.2. The van der Waals surface area contributed by atoms with Gasteiger partial charge in [0.1, 0.15) is 0 Å². The van der Waals surface area contributed by atoms with Gasteiger partial charge in [0, 0.05) is 25.9 Å². The predicted molar refractivity (Wildman–Crippen MR) is 83.8 cm³/mol. The monoisotopic (exact) mass is 330 g/mol. The molecule has 6 nitrogen and oxygen atoms in total. The van der Waals surface area contributed by atoms with Gasteiger partial charge in [0.25, 0.3) is 0 Å². The summed E-state index contributed by atoms with van der Waals surface area (Å²) in [5.41, 5.74) is 5.19. The van der Waals surface area contributed by atoms with Crippen LogP contribution in [0.4, 0.5) is 0 Å². The zero-order valence-electron chi connectivity index (χ0n) is 13.0. The van der Waals surface area contributed by atoms with Crippen LogP contribution in [0.2, 0.25) is 0 Å². The van der Waals surface area contributed by atoms with Gasteiger partial charge < -0.3 is 10.6 Å². The van der Waals surface area contributed by atoms with E-state index in [0.29, 0.717) is 19.5 Å². The van der Waals surface area contributed by atoms with Crippen molar-refractivity contribution in [2.45, 2.75) is 56.6 Å². The Bertz CT molecular complexity index is 504. The summed E-state index contributed by atoms with van der Waals surface area (Å²) in [5.74, 6) is -0.159. The molecule has 126 valence electrons. The first-order valence-electron chi connectivity index (χ1n) is 8.16. The molecule has 1 heterocycles. The van der Waals surface area contributed by atoms with E-state index in [4.69, 9.17) is 5.73 Å². The first kappa shape index (κ1) is 17.2. The highest BCUT2D eigenvalue weighted by Crippen LogP contribution is 2.26. The summed E-state index contributed by atoms with van der Waals surface area (Å²) >= 11 is 0. The Kier molecular flexibility index (Phi) is 5.83. The Morgan fingerprint density at radius 2 is 1.64 bits per heavy atom. The van der Waals surface area contributed by atoms with Crippen molar-refractivity contribution in [2.75, 3.05) is 18.8 Å². The summed E-state index contributed by atoms with van der Waals surface area (Å²) in [7, 11) is -3.13. The molecule has 0 aromatic rings. The largest absolute Gasteiger partial charge is 0.370 e. The van der Waals surface area contributed by atoms with Crippen molar-refractivity contribution in [1.29, 1.82) is 0 Å². The lowest BCUT2D eigenvalue weighted by molar-refractivity contribution is -0.132. The molecule has 1 saturated heterocycles. The van der Waals surface area contributed by atoms with Gasteiger partial charge in [0.05, 0.1) is 11.0 Å². The van der Waals surface area contributed by atoms with Crippen LogP contribution in [0.5, 0.6) is 0 Å². The molecule has 0 radical (unpaired) electrons. The molecule has 2 fully saturated rings. The van der Waals surface area contributed by atoms with E-state index in [-0.39, 0.29) is 35.2 Å². The van der Waals surface area contributed by atoms with Crippen LogP contribution in [0.15, 0.2) is 0 Å². The minimum Gasteiger partial charge on any atom is -0.370 e. The van der Waals surface area contributed by atoms with Crippen molar-refractivity contribution in [3.63, 3.8) is 0 Å². The number of sulfone groups is 1. The summed E-state index contributed by atoms with van der Waals surface area (Å²) in [5, 5.41) is -0.235. The molecule has 1 aliphatic heterocycles. The number of hydrogen-bond acceptors (Lipinski definition) is 4. The molecule has 2 N–H and O–H groups in total. The van der Waals surface area contributed by atoms with E-state index < -0.39 is 9.84 Å². The van der Waals surface area contributed by atoms with Gasteiger partial charge in [-0.2, -0.15) is 0 Å². The lowest BCUT2D eigenvalue weighted by atomic mass is 9.93. The molecule has 1 saturated carbocycles. The molecule has 22 heavy (non-hydrogen) atoms. The van der Waals surface area contributed by atoms with Gasteiger partial charge in [0.2, 0.25) is 11.8 Å². The maximum Gasteiger partial charge on any atom is 0.223 e. The van der Waals surface area contributed by atoms with E-state index in [1.165, 1.54) is 0 Å². The molecule has 2 rings (SSSR count). The van der Waals surface area contributed by atoms with Gasteiger partial charge in [-0.1, -0.05) is 12.8 Å². The third-order valence-corrected chi connectivity index (χ3v) is 7.13. The van der Waals surface area contributed by atoms with Crippen molar-refractivity contribution in [3.8, 4) is 0 Å². The summed E-state index contributed by atoms with van der Waals surface area (Å²) in [4.78, 5) is 24.8.